The van der Waals surface area contributed by atoms with E-state index in [4.69, 9.17) is 0 Å². The Bertz CT molecular complexity index is 624. The van der Waals surface area contributed by atoms with Crippen molar-refractivity contribution in [2.24, 2.45) is 5.92 Å². The molecule has 2 rings (SSSR count). The summed E-state index contributed by atoms with van der Waals surface area (Å²) in [5, 5.41) is 0. The minimum Gasteiger partial charge on any atom is -0.308 e. The van der Waals surface area contributed by atoms with Crippen molar-refractivity contribution in [3.63, 3.8) is 0 Å². The zero-order valence-electron chi connectivity index (χ0n) is 17.3. The number of nitrogens with zero attached hydrogens (tertiary/aromatic N) is 2. The Kier molecular flexibility index (Phi) is 8.34. The van der Waals surface area contributed by atoms with Gasteiger partial charge < -0.3 is 4.90 Å². The van der Waals surface area contributed by atoms with E-state index in [0.717, 1.165) is 26.1 Å². The molecule has 0 aliphatic carbocycles. The highest BCUT2D eigenvalue weighted by Crippen LogP contribution is 2.20. The van der Waals surface area contributed by atoms with Gasteiger partial charge in [0.2, 0.25) is 0 Å². The number of aryl methyl sites for hydroxylation is 1. The fourth-order valence-electron chi connectivity index (χ4n) is 3.62. The Balaban J connectivity index is 2.25. The van der Waals surface area contributed by atoms with E-state index in [-0.39, 0.29) is 0 Å². The zero-order valence-corrected chi connectivity index (χ0v) is 17.3. The van der Waals surface area contributed by atoms with E-state index in [1.807, 2.05) is 0 Å². The van der Waals surface area contributed by atoms with Gasteiger partial charge in [-0.1, -0.05) is 75.4 Å². The highest BCUT2D eigenvalue weighted by molar-refractivity contribution is 5.24. The summed E-state index contributed by atoms with van der Waals surface area (Å²) < 4.78 is 0. The average molecular weight is 353 g/mol. The highest BCUT2D eigenvalue weighted by atomic mass is 15.2. The van der Waals surface area contributed by atoms with Crippen molar-refractivity contribution in [1.82, 2.24) is 9.80 Å². The molecule has 0 bridgehead atoms. The molecule has 0 N–H and O–H groups in total. The molecule has 0 unspecified atom stereocenters. The first kappa shape index (κ1) is 20.7. The van der Waals surface area contributed by atoms with Crippen molar-refractivity contribution in [2.75, 3.05) is 20.6 Å². The smallest absolute Gasteiger partial charge is 0.0240 e. The van der Waals surface area contributed by atoms with Crippen molar-refractivity contribution in [3.8, 4) is 0 Å². The Morgan fingerprint density at radius 1 is 0.808 bits per heavy atom. The normalized spacial score (nSPS) is 12.9. The van der Waals surface area contributed by atoms with Crippen LogP contribution in [0.25, 0.3) is 0 Å². The van der Waals surface area contributed by atoms with E-state index >= 15 is 0 Å². The van der Waals surface area contributed by atoms with Gasteiger partial charge in [-0.2, -0.15) is 0 Å². The predicted molar refractivity (Wildman–Crippen MR) is 113 cm³/mol. The molecule has 0 heterocycles. The standard InChI is InChI=1S/C24H36N2/c1-6-21-13-10-14-23(16-21)18-26(17-22-11-8-7-9-12-22)24(15-20(2)3)19-25(4)5/h7-14,16,20,24H,6,15,17-19H2,1-5H3/t24-/m0/s1. The molecule has 0 fully saturated rings. The molecule has 0 aliphatic heterocycles. The zero-order chi connectivity index (χ0) is 18.9. The van der Waals surface area contributed by atoms with Crippen LogP contribution in [0.15, 0.2) is 54.6 Å². The lowest BCUT2D eigenvalue weighted by molar-refractivity contribution is 0.127. The van der Waals surface area contributed by atoms with Crippen molar-refractivity contribution in [3.05, 3.63) is 71.3 Å². The molecule has 0 radical (unpaired) electrons. The lowest BCUT2D eigenvalue weighted by Crippen LogP contribution is -2.42. The van der Waals surface area contributed by atoms with E-state index in [9.17, 15) is 0 Å². The number of rotatable bonds is 10. The Labute approximate surface area is 160 Å². The van der Waals surface area contributed by atoms with Gasteiger partial charge in [0.15, 0.2) is 0 Å². The van der Waals surface area contributed by atoms with Gasteiger partial charge in [0.25, 0.3) is 0 Å². The van der Waals surface area contributed by atoms with Crippen LogP contribution in [0.4, 0.5) is 0 Å². The van der Waals surface area contributed by atoms with Crippen molar-refractivity contribution < 1.29 is 0 Å². The molecule has 1 atom stereocenters. The Hall–Kier alpha value is -1.64. The van der Waals surface area contributed by atoms with Crippen LogP contribution in [0, 0.1) is 5.92 Å². The third kappa shape index (κ3) is 6.93. The van der Waals surface area contributed by atoms with Crippen molar-refractivity contribution >= 4 is 0 Å². The quantitative estimate of drug-likeness (QED) is 0.578. The second-order valence-electron chi connectivity index (χ2n) is 8.11. The SMILES string of the molecule is CCc1cccc(CN(Cc2ccccc2)[C@@H](CC(C)C)CN(C)C)c1. The topological polar surface area (TPSA) is 6.48 Å². The van der Waals surface area contributed by atoms with Crippen LogP contribution >= 0.6 is 0 Å². The summed E-state index contributed by atoms with van der Waals surface area (Å²) in [6.07, 6.45) is 2.32. The summed E-state index contributed by atoms with van der Waals surface area (Å²) in [5.41, 5.74) is 4.25. The van der Waals surface area contributed by atoms with E-state index < -0.39 is 0 Å². The third-order valence-corrected chi connectivity index (χ3v) is 4.85. The molecule has 0 amide bonds. The van der Waals surface area contributed by atoms with Crippen LogP contribution in [-0.2, 0) is 19.5 Å². The van der Waals surface area contributed by atoms with Crippen LogP contribution in [0.5, 0.6) is 0 Å². The Morgan fingerprint density at radius 2 is 1.42 bits per heavy atom. The van der Waals surface area contributed by atoms with Crippen LogP contribution in [0.2, 0.25) is 0 Å². The van der Waals surface area contributed by atoms with Gasteiger partial charge in [-0.25, -0.2) is 0 Å². The van der Waals surface area contributed by atoms with E-state index in [2.05, 4.69) is 99.3 Å². The number of hydrogen-bond donors (Lipinski definition) is 0. The summed E-state index contributed by atoms with van der Waals surface area (Å²) in [5.74, 6) is 0.695. The summed E-state index contributed by atoms with van der Waals surface area (Å²) in [7, 11) is 4.37. The fourth-order valence-corrected chi connectivity index (χ4v) is 3.62. The summed E-state index contributed by atoms with van der Waals surface area (Å²) in [6.45, 7) is 10.0. The molecule has 26 heavy (non-hydrogen) atoms. The molecule has 0 aliphatic rings. The predicted octanol–water partition coefficient (Wildman–Crippen LogP) is 5.23. The van der Waals surface area contributed by atoms with Crippen LogP contribution in [0.1, 0.15) is 43.9 Å². The lowest BCUT2D eigenvalue weighted by atomic mass is 10.00. The summed E-state index contributed by atoms with van der Waals surface area (Å²) in [6, 6.07) is 20.5. The second kappa shape index (κ2) is 10.5. The third-order valence-electron chi connectivity index (χ3n) is 4.85. The van der Waals surface area contributed by atoms with Gasteiger partial charge in [-0.05, 0) is 49.5 Å². The summed E-state index contributed by atoms with van der Waals surface area (Å²) >= 11 is 0. The molecule has 2 aromatic rings. The maximum Gasteiger partial charge on any atom is 0.0240 e. The first-order valence-corrected chi connectivity index (χ1v) is 9.98. The molecule has 142 valence electrons. The minimum atomic E-state index is 0.551. The molecule has 2 aromatic carbocycles. The molecule has 2 nitrogen and oxygen atoms in total. The molecule has 0 saturated heterocycles. The van der Waals surface area contributed by atoms with Gasteiger partial charge in [0.05, 0.1) is 0 Å². The molecular formula is C24H36N2. The molecule has 0 saturated carbocycles. The largest absolute Gasteiger partial charge is 0.308 e. The van der Waals surface area contributed by atoms with Gasteiger partial charge in [-0.15, -0.1) is 0 Å². The van der Waals surface area contributed by atoms with E-state index in [0.29, 0.717) is 12.0 Å². The molecule has 0 spiro atoms. The van der Waals surface area contributed by atoms with Crippen molar-refractivity contribution in [1.29, 1.82) is 0 Å². The van der Waals surface area contributed by atoms with E-state index in [1.165, 1.54) is 23.1 Å². The fraction of sp³-hybridized carbons (Fsp3) is 0.500. The Morgan fingerprint density at radius 3 is 2.04 bits per heavy atom. The van der Waals surface area contributed by atoms with Gasteiger partial charge >= 0.3 is 0 Å². The average Bonchev–Trinajstić information content (AvgIpc) is 2.61. The van der Waals surface area contributed by atoms with Crippen LogP contribution < -0.4 is 0 Å². The van der Waals surface area contributed by atoms with Crippen LogP contribution in [-0.4, -0.2) is 36.5 Å². The van der Waals surface area contributed by atoms with E-state index in [1.54, 1.807) is 0 Å². The van der Waals surface area contributed by atoms with Crippen molar-refractivity contribution in [2.45, 2.75) is 52.7 Å². The van der Waals surface area contributed by atoms with Gasteiger partial charge in [-0.3, -0.25) is 4.90 Å². The maximum absolute atomic E-state index is 2.67. The number of hydrogen-bond acceptors (Lipinski definition) is 2. The van der Waals surface area contributed by atoms with Gasteiger partial charge in [0, 0.05) is 25.7 Å². The van der Waals surface area contributed by atoms with Gasteiger partial charge in [0.1, 0.15) is 0 Å². The molecule has 0 aromatic heterocycles. The molecule has 2 heteroatoms. The summed E-state index contributed by atoms with van der Waals surface area (Å²) in [4.78, 5) is 5.00. The van der Waals surface area contributed by atoms with Crippen LogP contribution in [0.3, 0.4) is 0 Å². The first-order chi connectivity index (χ1) is 12.5. The monoisotopic (exact) mass is 352 g/mol. The highest BCUT2D eigenvalue weighted by Gasteiger charge is 2.21. The lowest BCUT2D eigenvalue weighted by Gasteiger charge is -2.35. The second-order valence-corrected chi connectivity index (χ2v) is 8.11. The molecular weight excluding hydrogens is 316 g/mol. The first-order valence-electron chi connectivity index (χ1n) is 9.98. The maximum atomic E-state index is 2.67. The number of likely N-dealkylation sites (N-methyl/N-ethyl adjacent to an activating group) is 1. The minimum absolute atomic E-state index is 0.551. The number of benzene rings is 2.